The lowest BCUT2D eigenvalue weighted by Gasteiger charge is -2.03. The molecule has 1 aromatic heterocycles. The Hall–Kier alpha value is -3.23. The van der Waals surface area contributed by atoms with Crippen LogP contribution in [0.15, 0.2) is 54.0 Å². The number of aromatic nitrogens is 1. The van der Waals surface area contributed by atoms with Crippen LogP contribution in [0.25, 0.3) is 16.8 Å². The van der Waals surface area contributed by atoms with Crippen molar-refractivity contribution in [1.29, 1.82) is 5.26 Å². The molecule has 0 spiro atoms. The van der Waals surface area contributed by atoms with Crippen LogP contribution in [0.1, 0.15) is 33.4 Å². The zero-order chi connectivity index (χ0) is 19.4. The highest BCUT2D eigenvalue weighted by Gasteiger charge is 2.09. The molecule has 134 valence electrons. The lowest BCUT2D eigenvalue weighted by atomic mass is 10.1. The third-order valence-electron chi connectivity index (χ3n) is 4.33. The first kappa shape index (κ1) is 18.6. The molecule has 1 N–H and O–H groups in total. The Bertz CT molecular complexity index is 1060. The molecule has 0 bridgehead atoms. The van der Waals surface area contributed by atoms with Crippen molar-refractivity contribution in [1.82, 2.24) is 4.98 Å². The molecule has 0 atom stereocenters. The zero-order valence-corrected chi connectivity index (χ0v) is 16.2. The highest BCUT2D eigenvalue weighted by molar-refractivity contribution is 7.11. The van der Waals surface area contributed by atoms with Crippen molar-refractivity contribution in [3.8, 4) is 17.3 Å². The molecule has 3 aromatic rings. The molecule has 0 saturated carbocycles. The van der Waals surface area contributed by atoms with Gasteiger partial charge in [0.15, 0.2) is 5.78 Å². The molecular weight excluding hydrogens is 354 g/mol. The average molecular weight is 373 g/mol. The second-order valence-corrected chi connectivity index (χ2v) is 7.14. The fourth-order valence-electron chi connectivity index (χ4n) is 2.53. The van der Waals surface area contributed by atoms with Gasteiger partial charge in [-0.05, 0) is 62.2 Å². The highest BCUT2D eigenvalue weighted by Crippen LogP contribution is 2.27. The van der Waals surface area contributed by atoms with E-state index in [0.717, 1.165) is 16.9 Å². The number of carbonyl (C=O) groups excluding carboxylic acids is 1. The Morgan fingerprint density at radius 2 is 1.89 bits per heavy atom. The summed E-state index contributed by atoms with van der Waals surface area (Å²) in [6.07, 6.45) is 1.64. The Morgan fingerprint density at radius 1 is 1.15 bits per heavy atom. The summed E-state index contributed by atoms with van der Waals surface area (Å²) in [7, 11) is 0. The van der Waals surface area contributed by atoms with Gasteiger partial charge in [0, 0.05) is 28.4 Å². The molecule has 5 heteroatoms. The zero-order valence-electron chi connectivity index (χ0n) is 15.4. The number of ketones is 1. The SMILES string of the molecule is CC(=O)c1ccc(NC=C(C#N)c2nc(-c3ccc(C)c(C)c3)cs2)cc1. The van der Waals surface area contributed by atoms with Crippen LogP contribution in [0.5, 0.6) is 0 Å². The van der Waals surface area contributed by atoms with Gasteiger partial charge in [-0.25, -0.2) is 4.98 Å². The van der Waals surface area contributed by atoms with Gasteiger partial charge in [0.2, 0.25) is 0 Å². The molecule has 0 saturated heterocycles. The van der Waals surface area contributed by atoms with E-state index in [1.165, 1.54) is 29.4 Å². The Labute approximate surface area is 162 Å². The molecular formula is C22H19N3OS. The monoisotopic (exact) mass is 373 g/mol. The van der Waals surface area contributed by atoms with E-state index >= 15 is 0 Å². The molecule has 2 aromatic carbocycles. The Morgan fingerprint density at radius 3 is 2.52 bits per heavy atom. The van der Waals surface area contributed by atoms with Crippen LogP contribution in [-0.4, -0.2) is 10.8 Å². The van der Waals surface area contributed by atoms with E-state index in [2.05, 4.69) is 42.4 Å². The fraction of sp³-hybridized carbons (Fsp3) is 0.136. The third-order valence-corrected chi connectivity index (χ3v) is 5.21. The van der Waals surface area contributed by atoms with Crippen molar-refractivity contribution in [2.24, 2.45) is 0 Å². The van der Waals surface area contributed by atoms with E-state index < -0.39 is 0 Å². The molecule has 0 aliphatic heterocycles. The van der Waals surface area contributed by atoms with E-state index in [9.17, 15) is 10.1 Å². The normalized spacial score (nSPS) is 11.1. The summed E-state index contributed by atoms with van der Waals surface area (Å²) in [5.41, 5.74) is 6.30. The molecule has 0 amide bonds. The van der Waals surface area contributed by atoms with Crippen LogP contribution in [-0.2, 0) is 0 Å². The van der Waals surface area contributed by atoms with Gasteiger partial charge in [0.1, 0.15) is 16.6 Å². The van der Waals surface area contributed by atoms with Gasteiger partial charge in [-0.2, -0.15) is 5.26 Å². The summed E-state index contributed by atoms with van der Waals surface area (Å²) < 4.78 is 0. The van der Waals surface area contributed by atoms with Crippen molar-refractivity contribution in [3.63, 3.8) is 0 Å². The van der Waals surface area contributed by atoms with Crippen molar-refractivity contribution in [3.05, 3.63) is 75.7 Å². The quantitative estimate of drug-likeness (QED) is 0.466. The molecule has 0 aliphatic rings. The van der Waals surface area contributed by atoms with E-state index in [1.807, 2.05) is 23.6 Å². The number of nitriles is 1. The third kappa shape index (κ3) is 4.30. The second-order valence-electron chi connectivity index (χ2n) is 6.28. The summed E-state index contributed by atoms with van der Waals surface area (Å²) in [5, 5.41) is 15.2. The first-order valence-electron chi connectivity index (χ1n) is 8.49. The summed E-state index contributed by atoms with van der Waals surface area (Å²) in [4.78, 5) is 15.9. The number of thiazole rings is 1. The average Bonchev–Trinajstić information content (AvgIpc) is 3.15. The minimum absolute atomic E-state index is 0.0245. The number of aryl methyl sites for hydroxylation is 2. The van der Waals surface area contributed by atoms with Crippen LogP contribution >= 0.6 is 11.3 Å². The minimum Gasteiger partial charge on any atom is -0.360 e. The number of rotatable bonds is 5. The number of carbonyl (C=O) groups is 1. The molecule has 27 heavy (non-hydrogen) atoms. The Balaban J connectivity index is 1.80. The maximum absolute atomic E-state index is 11.3. The summed E-state index contributed by atoms with van der Waals surface area (Å²) in [5.74, 6) is 0.0245. The van der Waals surface area contributed by atoms with Crippen LogP contribution in [0.4, 0.5) is 5.69 Å². The lowest BCUT2D eigenvalue weighted by molar-refractivity contribution is 0.101. The first-order valence-corrected chi connectivity index (χ1v) is 9.37. The number of anilines is 1. The van der Waals surface area contributed by atoms with Crippen molar-refractivity contribution in [2.75, 3.05) is 5.32 Å². The van der Waals surface area contributed by atoms with E-state index in [1.54, 1.807) is 18.3 Å². The molecule has 4 nitrogen and oxygen atoms in total. The van der Waals surface area contributed by atoms with E-state index in [0.29, 0.717) is 16.1 Å². The van der Waals surface area contributed by atoms with Crippen LogP contribution in [0, 0.1) is 25.2 Å². The van der Waals surface area contributed by atoms with Crippen molar-refractivity contribution in [2.45, 2.75) is 20.8 Å². The summed E-state index contributed by atoms with van der Waals surface area (Å²) in [6.45, 7) is 5.69. The predicted octanol–water partition coefficient (Wildman–Crippen LogP) is 5.61. The molecule has 0 aliphatic carbocycles. The van der Waals surface area contributed by atoms with Gasteiger partial charge in [-0.1, -0.05) is 12.1 Å². The van der Waals surface area contributed by atoms with Gasteiger partial charge in [-0.3, -0.25) is 4.79 Å². The number of nitrogens with zero attached hydrogens (tertiary/aromatic N) is 2. The van der Waals surface area contributed by atoms with Crippen molar-refractivity contribution >= 4 is 28.4 Å². The molecule has 0 fully saturated rings. The Kier molecular flexibility index (Phi) is 5.49. The molecule has 1 heterocycles. The van der Waals surface area contributed by atoms with Gasteiger partial charge in [0.25, 0.3) is 0 Å². The minimum atomic E-state index is 0.0245. The maximum Gasteiger partial charge on any atom is 0.159 e. The fourth-order valence-corrected chi connectivity index (χ4v) is 3.32. The number of benzene rings is 2. The summed E-state index contributed by atoms with van der Waals surface area (Å²) in [6, 6.07) is 15.6. The summed E-state index contributed by atoms with van der Waals surface area (Å²) >= 11 is 1.44. The molecule has 0 unspecified atom stereocenters. The van der Waals surface area contributed by atoms with Crippen LogP contribution in [0.2, 0.25) is 0 Å². The van der Waals surface area contributed by atoms with E-state index in [-0.39, 0.29) is 5.78 Å². The second kappa shape index (κ2) is 7.98. The molecule has 0 radical (unpaired) electrons. The highest BCUT2D eigenvalue weighted by atomic mass is 32.1. The molecule has 3 rings (SSSR count). The predicted molar refractivity (Wildman–Crippen MR) is 111 cm³/mol. The smallest absolute Gasteiger partial charge is 0.159 e. The van der Waals surface area contributed by atoms with Crippen LogP contribution < -0.4 is 5.32 Å². The van der Waals surface area contributed by atoms with Gasteiger partial charge in [0.05, 0.1) is 5.69 Å². The lowest BCUT2D eigenvalue weighted by Crippen LogP contribution is -1.94. The number of allylic oxidation sites excluding steroid dienone is 1. The standard InChI is InChI=1S/C22H19N3OS/c1-14-4-5-18(10-15(14)2)21-13-27-22(25-21)19(11-23)12-24-20-8-6-17(7-9-20)16(3)26/h4-10,12-13,24H,1-3H3. The van der Waals surface area contributed by atoms with E-state index in [4.69, 9.17) is 0 Å². The van der Waals surface area contributed by atoms with Gasteiger partial charge >= 0.3 is 0 Å². The number of nitrogens with one attached hydrogen (secondary N) is 1. The van der Waals surface area contributed by atoms with Crippen molar-refractivity contribution < 1.29 is 4.79 Å². The number of hydrogen-bond donors (Lipinski definition) is 1. The first-order chi connectivity index (χ1) is 13.0. The maximum atomic E-state index is 11.3. The number of Topliss-reactive ketones (excluding diaryl/α,β-unsaturated/α-hetero) is 1. The largest absolute Gasteiger partial charge is 0.360 e. The van der Waals surface area contributed by atoms with Gasteiger partial charge in [-0.15, -0.1) is 11.3 Å². The number of hydrogen-bond acceptors (Lipinski definition) is 5. The van der Waals surface area contributed by atoms with Gasteiger partial charge < -0.3 is 5.32 Å². The van der Waals surface area contributed by atoms with Crippen LogP contribution in [0.3, 0.4) is 0 Å². The topological polar surface area (TPSA) is 65.8 Å².